The Hall–Kier alpha value is -3.01. The summed E-state index contributed by atoms with van der Waals surface area (Å²) < 4.78 is 8.36. The number of carbonyl (C=O) groups excluding carboxylic acids is 2. The second-order valence-electron chi connectivity index (χ2n) is 10.7. The van der Waals surface area contributed by atoms with Crippen LogP contribution in [0.1, 0.15) is 56.0 Å². The molecule has 1 aromatic carbocycles. The molecule has 0 spiro atoms. The van der Waals surface area contributed by atoms with E-state index in [1.54, 1.807) is 0 Å². The standard InChI is InChI=1S/C26H30N4O3/c1-3-16-4-5-22-21(10-16)28-15(2)30(22)20-6-7-29(14-20)25(32)33-23-18-8-17-9-19(23)13-26(11-17,12-18)24(27)31/h1,4-5,10,17-20,23H,6-9,11-14H2,2H3,(H2,27,31)/t17?,18?,19?,20-,23?,26?/m0/s1. The van der Waals surface area contributed by atoms with Gasteiger partial charge in [0, 0.05) is 18.7 Å². The van der Waals surface area contributed by atoms with Crippen LogP contribution in [-0.2, 0) is 9.53 Å². The van der Waals surface area contributed by atoms with E-state index in [1.807, 2.05) is 30.0 Å². The normalized spacial score (nSPS) is 34.5. The number of primary amides is 1. The Bertz CT molecular complexity index is 1180. The Labute approximate surface area is 193 Å². The molecule has 7 heteroatoms. The number of ether oxygens (including phenoxy) is 1. The smallest absolute Gasteiger partial charge is 0.410 e. The molecule has 5 aliphatic rings. The molecule has 3 atom stereocenters. The summed E-state index contributed by atoms with van der Waals surface area (Å²) in [5, 5.41) is 0. The first-order valence-electron chi connectivity index (χ1n) is 12.1. The van der Waals surface area contributed by atoms with Crippen molar-refractivity contribution in [2.24, 2.45) is 28.9 Å². The van der Waals surface area contributed by atoms with E-state index in [0.29, 0.717) is 19.0 Å². The molecule has 4 aliphatic carbocycles. The van der Waals surface area contributed by atoms with Crippen molar-refractivity contribution < 1.29 is 14.3 Å². The van der Waals surface area contributed by atoms with E-state index in [9.17, 15) is 9.59 Å². The third kappa shape index (κ3) is 3.14. The molecular weight excluding hydrogens is 416 g/mol. The van der Waals surface area contributed by atoms with Gasteiger partial charge in [0.1, 0.15) is 11.9 Å². The third-order valence-corrected chi connectivity index (χ3v) is 8.77. The molecule has 7 nitrogen and oxygen atoms in total. The van der Waals surface area contributed by atoms with E-state index < -0.39 is 0 Å². The van der Waals surface area contributed by atoms with Crippen LogP contribution < -0.4 is 5.73 Å². The summed E-state index contributed by atoms with van der Waals surface area (Å²) in [5.74, 6) is 4.50. The Balaban J connectivity index is 1.16. The van der Waals surface area contributed by atoms with Crippen LogP contribution in [0.25, 0.3) is 11.0 Å². The molecule has 1 saturated heterocycles. The summed E-state index contributed by atoms with van der Waals surface area (Å²) in [5.41, 5.74) is 8.18. The molecule has 33 heavy (non-hydrogen) atoms. The zero-order chi connectivity index (χ0) is 22.9. The molecular formula is C26H30N4O3. The largest absolute Gasteiger partial charge is 0.446 e. The Kier molecular flexibility index (Phi) is 4.52. The number of amides is 2. The number of aryl methyl sites for hydroxylation is 1. The van der Waals surface area contributed by atoms with Crippen LogP contribution in [0, 0.1) is 42.4 Å². The number of nitrogens with two attached hydrogens (primary N) is 1. The van der Waals surface area contributed by atoms with Gasteiger partial charge in [0.25, 0.3) is 0 Å². The lowest BCUT2D eigenvalue weighted by Crippen LogP contribution is -2.59. The van der Waals surface area contributed by atoms with Crippen molar-refractivity contribution in [3.05, 3.63) is 29.6 Å². The Morgan fingerprint density at radius 1 is 1.24 bits per heavy atom. The van der Waals surface area contributed by atoms with E-state index in [0.717, 1.165) is 60.9 Å². The monoisotopic (exact) mass is 446 g/mol. The lowest BCUT2D eigenvalue weighted by Gasteiger charge is -2.58. The van der Waals surface area contributed by atoms with Crippen molar-refractivity contribution in [2.75, 3.05) is 13.1 Å². The first-order chi connectivity index (χ1) is 15.9. The molecule has 2 N–H and O–H groups in total. The lowest BCUT2D eigenvalue weighted by molar-refractivity contribution is -0.161. The van der Waals surface area contributed by atoms with E-state index in [4.69, 9.17) is 21.9 Å². The number of likely N-dealkylation sites (tertiary alicyclic amines) is 1. The predicted octanol–water partition coefficient (Wildman–Crippen LogP) is 3.39. The van der Waals surface area contributed by atoms with Gasteiger partial charge in [-0.15, -0.1) is 6.42 Å². The molecule has 4 saturated carbocycles. The van der Waals surface area contributed by atoms with Crippen molar-refractivity contribution in [1.29, 1.82) is 0 Å². The van der Waals surface area contributed by atoms with Crippen LogP contribution in [0.4, 0.5) is 4.79 Å². The molecule has 2 aromatic rings. The van der Waals surface area contributed by atoms with Crippen LogP contribution in [0.15, 0.2) is 18.2 Å². The maximum absolute atomic E-state index is 13.2. The van der Waals surface area contributed by atoms with Gasteiger partial charge in [-0.25, -0.2) is 9.78 Å². The third-order valence-electron chi connectivity index (χ3n) is 8.77. The number of aromatic nitrogens is 2. The van der Waals surface area contributed by atoms with E-state index in [2.05, 4.69) is 10.5 Å². The summed E-state index contributed by atoms with van der Waals surface area (Å²) in [7, 11) is 0. The number of rotatable bonds is 3. The topological polar surface area (TPSA) is 90.4 Å². The Morgan fingerprint density at radius 3 is 2.70 bits per heavy atom. The molecule has 2 heterocycles. The number of benzene rings is 1. The van der Waals surface area contributed by atoms with Crippen molar-refractivity contribution in [3.8, 4) is 12.3 Å². The quantitative estimate of drug-likeness (QED) is 0.732. The summed E-state index contributed by atoms with van der Waals surface area (Å²) in [4.78, 5) is 31.9. The van der Waals surface area contributed by atoms with E-state index >= 15 is 0 Å². The van der Waals surface area contributed by atoms with Crippen LogP contribution in [0.2, 0.25) is 0 Å². The maximum atomic E-state index is 13.2. The number of imidazole rings is 1. The zero-order valence-corrected chi connectivity index (χ0v) is 19.0. The predicted molar refractivity (Wildman–Crippen MR) is 123 cm³/mol. The average Bonchev–Trinajstić information content (AvgIpc) is 3.38. The highest BCUT2D eigenvalue weighted by Crippen LogP contribution is 2.60. The van der Waals surface area contributed by atoms with Crippen molar-refractivity contribution >= 4 is 23.0 Å². The molecule has 5 fully saturated rings. The van der Waals surface area contributed by atoms with E-state index in [1.165, 1.54) is 0 Å². The minimum Gasteiger partial charge on any atom is -0.446 e. The minimum absolute atomic E-state index is 0.0847. The van der Waals surface area contributed by atoms with Crippen LogP contribution in [0.5, 0.6) is 0 Å². The molecule has 0 radical (unpaired) electrons. The number of terminal acetylenes is 1. The maximum Gasteiger partial charge on any atom is 0.410 e. The number of hydrogen-bond acceptors (Lipinski definition) is 4. The minimum atomic E-state index is -0.364. The summed E-state index contributed by atoms with van der Waals surface area (Å²) in [6, 6.07) is 6.06. The van der Waals surface area contributed by atoms with Crippen LogP contribution >= 0.6 is 0 Å². The number of carbonyl (C=O) groups is 2. The lowest BCUT2D eigenvalue weighted by atomic mass is 9.48. The SMILES string of the molecule is C#Cc1ccc2c(c1)nc(C)n2[C@H]1CCN(C(=O)OC2C3CC4CC2CC(C(N)=O)(C4)C3)C1. The molecule has 7 rings (SSSR count). The molecule has 2 unspecified atom stereocenters. The van der Waals surface area contributed by atoms with E-state index in [-0.39, 0.29) is 41.4 Å². The zero-order valence-electron chi connectivity index (χ0n) is 19.0. The molecule has 4 bridgehead atoms. The van der Waals surface area contributed by atoms with Gasteiger partial charge >= 0.3 is 6.09 Å². The molecule has 1 aromatic heterocycles. The number of fused-ring (bicyclic) bond motifs is 1. The van der Waals surface area contributed by atoms with Crippen molar-refractivity contribution in [3.63, 3.8) is 0 Å². The van der Waals surface area contributed by atoms with Crippen LogP contribution in [-0.4, -0.2) is 45.6 Å². The molecule has 2 amide bonds. The Morgan fingerprint density at radius 2 is 2.00 bits per heavy atom. The first kappa shape index (κ1) is 20.6. The highest BCUT2D eigenvalue weighted by molar-refractivity contribution is 5.81. The van der Waals surface area contributed by atoms with Gasteiger partial charge in [-0.3, -0.25) is 4.79 Å². The van der Waals surface area contributed by atoms with Gasteiger partial charge in [-0.1, -0.05) is 5.92 Å². The van der Waals surface area contributed by atoms with Gasteiger partial charge in [-0.05, 0) is 81.4 Å². The first-order valence-corrected chi connectivity index (χ1v) is 12.1. The van der Waals surface area contributed by atoms with Crippen molar-refractivity contribution in [2.45, 2.75) is 57.6 Å². The summed E-state index contributed by atoms with van der Waals surface area (Å²) in [6.45, 7) is 3.28. The highest BCUT2D eigenvalue weighted by Gasteiger charge is 2.59. The number of hydrogen-bond donors (Lipinski definition) is 1. The summed E-state index contributed by atoms with van der Waals surface area (Å²) >= 11 is 0. The van der Waals surface area contributed by atoms with Gasteiger partial charge in [0.15, 0.2) is 0 Å². The highest BCUT2D eigenvalue weighted by atomic mass is 16.6. The van der Waals surface area contributed by atoms with Gasteiger partial charge in [-0.2, -0.15) is 0 Å². The van der Waals surface area contributed by atoms with Crippen LogP contribution in [0.3, 0.4) is 0 Å². The fraction of sp³-hybridized carbons (Fsp3) is 0.577. The van der Waals surface area contributed by atoms with Gasteiger partial charge in [0.05, 0.1) is 22.5 Å². The fourth-order valence-electron chi connectivity index (χ4n) is 7.55. The molecule has 172 valence electrons. The molecule has 1 aliphatic heterocycles. The van der Waals surface area contributed by atoms with Crippen molar-refractivity contribution in [1.82, 2.24) is 14.5 Å². The second-order valence-corrected chi connectivity index (χ2v) is 10.7. The second kappa shape index (κ2) is 7.24. The fourth-order valence-corrected chi connectivity index (χ4v) is 7.55. The number of nitrogens with zero attached hydrogens (tertiary/aromatic N) is 3. The van der Waals surface area contributed by atoms with Gasteiger partial charge < -0.3 is 19.9 Å². The van der Waals surface area contributed by atoms with Gasteiger partial charge in [0.2, 0.25) is 5.91 Å². The average molecular weight is 447 g/mol. The summed E-state index contributed by atoms with van der Waals surface area (Å²) in [6.07, 6.45) is 10.7.